The Kier molecular flexibility index (Phi) is 5.05. The third-order valence-electron chi connectivity index (χ3n) is 3.42. The van der Waals surface area contributed by atoms with Crippen LogP contribution in [0.5, 0.6) is 11.5 Å². The van der Waals surface area contributed by atoms with Gasteiger partial charge in [0.05, 0.1) is 0 Å². The molecule has 0 aromatic heterocycles. The van der Waals surface area contributed by atoms with Crippen molar-refractivity contribution in [3.05, 3.63) is 23.8 Å². The maximum absolute atomic E-state index is 8.97. The molecule has 2 unspecified atom stereocenters. The van der Waals surface area contributed by atoms with Crippen molar-refractivity contribution >= 4 is 0 Å². The van der Waals surface area contributed by atoms with Gasteiger partial charge in [0.1, 0.15) is 13.2 Å². The molecule has 1 aliphatic rings. The van der Waals surface area contributed by atoms with Gasteiger partial charge in [-0.25, -0.2) is 0 Å². The molecule has 1 aliphatic heterocycles. The fourth-order valence-electron chi connectivity index (χ4n) is 2.35. The lowest BCUT2D eigenvalue weighted by Crippen LogP contribution is -2.31. The summed E-state index contributed by atoms with van der Waals surface area (Å²) >= 11 is 0. The Balaban J connectivity index is 2.09. The normalized spacial score (nSPS) is 17.0. The molecule has 0 aliphatic carbocycles. The van der Waals surface area contributed by atoms with Gasteiger partial charge in [-0.2, -0.15) is 0 Å². The molecule has 0 spiro atoms. The van der Waals surface area contributed by atoms with Gasteiger partial charge >= 0.3 is 0 Å². The van der Waals surface area contributed by atoms with Gasteiger partial charge in [0.25, 0.3) is 0 Å². The predicted octanol–water partition coefficient (Wildman–Crippen LogP) is 2.27. The zero-order valence-electron chi connectivity index (χ0n) is 11.7. The standard InChI is InChI=1S/C15H23NO3/c1-3-13(16-11(2)6-7-17)12-4-5-14-15(10-12)19-9-8-18-14/h4-5,10-11,13,16-17H,3,6-9H2,1-2H3. The van der Waals surface area contributed by atoms with Gasteiger partial charge in [0.15, 0.2) is 11.5 Å². The maximum atomic E-state index is 8.97. The molecule has 1 aromatic carbocycles. The molecular weight excluding hydrogens is 242 g/mol. The minimum absolute atomic E-state index is 0.214. The van der Waals surface area contributed by atoms with Crippen molar-refractivity contribution in [1.29, 1.82) is 0 Å². The third-order valence-corrected chi connectivity index (χ3v) is 3.42. The van der Waals surface area contributed by atoms with Crippen LogP contribution in [0.15, 0.2) is 18.2 Å². The van der Waals surface area contributed by atoms with Gasteiger partial charge in [0.2, 0.25) is 0 Å². The van der Waals surface area contributed by atoms with E-state index in [0.717, 1.165) is 24.3 Å². The summed E-state index contributed by atoms with van der Waals surface area (Å²) in [5.41, 5.74) is 1.21. The molecule has 4 heteroatoms. The summed E-state index contributed by atoms with van der Waals surface area (Å²) in [5.74, 6) is 1.66. The minimum atomic E-state index is 0.214. The molecule has 106 valence electrons. The quantitative estimate of drug-likeness (QED) is 0.828. The number of aliphatic hydroxyl groups is 1. The number of hydrogen-bond donors (Lipinski definition) is 2. The van der Waals surface area contributed by atoms with Crippen molar-refractivity contribution in [2.45, 2.75) is 38.8 Å². The highest BCUT2D eigenvalue weighted by molar-refractivity contribution is 5.44. The number of fused-ring (bicyclic) bond motifs is 1. The van der Waals surface area contributed by atoms with Crippen LogP contribution in [0, 0.1) is 0 Å². The highest BCUT2D eigenvalue weighted by Gasteiger charge is 2.17. The summed E-state index contributed by atoms with van der Waals surface area (Å²) in [7, 11) is 0. The van der Waals surface area contributed by atoms with Crippen LogP contribution in [0.3, 0.4) is 0 Å². The van der Waals surface area contributed by atoms with Crippen molar-refractivity contribution in [3.63, 3.8) is 0 Å². The van der Waals surface area contributed by atoms with Crippen molar-refractivity contribution in [1.82, 2.24) is 5.32 Å². The minimum Gasteiger partial charge on any atom is -0.486 e. The second-order valence-electron chi connectivity index (χ2n) is 4.94. The highest BCUT2D eigenvalue weighted by Crippen LogP contribution is 2.33. The first-order valence-corrected chi connectivity index (χ1v) is 7.01. The molecule has 0 saturated heterocycles. The first-order chi connectivity index (χ1) is 9.24. The van der Waals surface area contributed by atoms with E-state index >= 15 is 0 Å². The molecule has 0 saturated carbocycles. The van der Waals surface area contributed by atoms with E-state index in [4.69, 9.17) is 14.6 Å². The molecule has 0 radical (unpaired) electrons. The molecule has 2 atom stereocenters. The van der Waals surface area contributed by atoms with Crippen LogP contribution in [0.4, 0.5) is 0 Å². The molecule has 19 heavy (non-hydrogen) atoms. The molecule has 2 rings (SSSR count). The summed E-state index contributed by atoms with van der Waals surface area (Å²) in [5, 5.41) is 12.5. The van der Waals surface area contributed by atoms with E-state index in [9.17, 15) is 0 Å². The van der Waals surface area contributed by atoms with Crippen LogP contribution in [-0.4, -0.2) is 31.0 Å². The average Bonchev–Trinajstić information content (AvgIpc) is 2.44. The van der Waals surface area contributed by atoms with E-state index in [-0.39, 0.29) is 12.6 Å². The van der Waals surface area contributed by atoms with Crippen LogP contribution in [0.25, 0.3) is 0 Å². The van der Waals surface area contributed by atoms with Crippen LogP contribution < -0.4 is 14.8 Å². The van der Waals surface area contributed by atoms with Crippen LogP contribution in [0.2, 0.25) is 0 Å². The summed E-state index contributed by atoms with van der Waals surface area (Å²) in [6.45, 7) is 5.69. The number of benzene rings is 1. The number of aliphatic hydroxyl groups excluding tert-OH is 1. The molecule has 1 aromatic rings. The van der Waals surface area contributed by atoms with Gasteiger partial charge in [-0.1, -0.05) is 13.0 Å². The lowest BCUT2D eigenvalue weighted by molar-refractivity contribution is 0.171. The van der Waals surface area contributed by atoms with Crippen LogP contribution in [-0.2, 0) is 0 Å². The molecular formula is C15H23NO3. The van der Waals surface area contributed by atoms with Gasteiger partial charge in [-0.15, -0.1) is 0 Å². The van der Waals surface area contributed by atoms with Gasteiger partial charge < -0.3 is 19.9 Å². The summed E-state index contributed by atoms with van der Waals surface area (Å²) in [4.78, 5) is 0. The van der Waals surface area contributed by atoms with E-state index in [1.165, 1.54) is 5.56 Å². The second-order valence-corrected chi connectivity index (χ2v) is 4.94. The molecule has 0 amide bonds. The first-order valence-electron chi connectivity index (χ1n) is 7.01. The lowest BCUT2D eigenvalue weighted by atomic mass is 10.0. The zero-order valence-corrected chi connectivity index (χ0v) is 11.7. The fourth-order valence-corrected chi connectivity index (χ4v) is 2.35. The Morgan fingerprint density at radius 2 is 2.00 bits per heavy atom. The Hall–Kier alpha value is -1.26. The van der Waals surface area contributed by atoms with E-state index < -0.39 is 0 Å². The fraction of sp³-hybridized carbons (Fsp3) is 0.600. The molecule has 2 N–H and O–H groups in total. The lowest BCUT2D eigenvalue weighted by Gasteiger charge is -2.24. The highest BCUT2D eigenvalue weighted by atomic mass is 16.6. The largest absolute Gasteiger partial charge is 0.486 e. The third kappa shape index (κ3) is 3.61. The van der Waals surface area contributed by atoms with E-state index in [1.807, 2.05) is 6.07 Å². The van der Waals surface area contributed by atoms with Gasteiger partial charge in [-0.3, -0.25) is 0 Å². The Morgan fingerprint density at radius 1 is 1.26 bits per heavy atom. The Labute approximate surface area is 114 Å². The summed E-state index contributed by atoms with van der Waals surface area (Å²) in [6, 6.07) is 6.69. The van der Waals surface area contributed by atoms with Crippen LogP contribution >= 0.6 is 0 Å². The number of rotatable bonds is 6. The number of ether oxygens (including phenoxy) is 2. The smallest absolute Gasteiger partial charge is 0.161 e. The zero-order chi connectivity index (χ0) is 13.7. The molecule has 0 bridgehead atoms. The van der Waals surface area contributed by atoms with Gasteiger partial charge in [-0.05, 0) is 37.5 Å². The topological polar surface area (TPSA) is 50.7 Å². The van der Waals surface area contributed by atoms with E-state index in [0.29, 0.717) is 19.3 Å². The predicted molar refractivity (Wildman–Crippen MR) is 74.8 cm³/mol. The van der Waals surface area contributed by atoms with E-state index in [1.54, 1.807) is 0 Å². The summed E-state index contributed by atoms with van der Waals surface area (Å²) in [6.07, 6.45) is 1.76. The van der Waals surface area contributed by atoms with Crippen molar-refractivity contribution < 1.29 is 14.6 Å². The second kappa shape index (κ2) is 6.78. The van der Waals surface area contributed by atoms with Crippen LogP contribution in [0.1, 0.15) is 38.3 Å². The van der Waals surface area contributed by atoms with Crippen molar-refractivity contribution in [3.8, 4) is 11.5 Å². The first kappa shape index (κ1) is 14.2. The maximum Gasteiger partial charge on any atom is 0.161 e. The SMILES string of the molecule is CCC(NC(C)CCO)c1ccc2c(c1)OCCO2. The number of hydrogen-bond acceptors (Lipinski definition) is 4. The van der Waals surface area contributed by atoms with Gasteiger partial charge in [0, 0.05) is 18.7 Å². The van der Waals surface area contributed by atoms with Crippen molar-refractivity contribution in [2.75, 3.05) is 19.8 Å². The molecule has 4 nitrogen and oxygen atoms in total. The van der Waals surface area contributed by atoms with E-state index in [2.05, 4.69) is 31.3 Å². The Morgan fingerprint density at radius 3 is 2.68 bits per heavy atom. The number of nitrogens with one attached hydrogen (secondary N) is 1. The summed E-state index contributed by atoms with van der Waals surface area (Å²) < 4.78 is 11.2. The average molecular weight is 265 g/mol. The molecule has 0 fully saturated rings. The Bertz CT molecular complexity index is 408. The molecule has 1 heterocycles. The van der Waals surface area contributed by atoms with Crippen molar-refractivity contribution in [2.24, 2.45) is 0 Å². The monoisotopic (exact) mass is 265 g/mol.